The van der Waals surface area contributed by atoms with E-state index < -0.39 is 35.2 Å². The average molecular weight is 575 g/mol. The van der Waals surface area contributed by atoms with Gasteiger partial charge in [-0.15, -0.1) is 0 Å². The first-order chi connectivity index (χ1) is 17.7. The van der Waals surface area contributed by atoms with Crippen molar-refractivity contribution >= 4 is 22.3 Å². The van der Waals surface area contributed by atoms with Gasteiger partial charge in [-0.1, -0.05) is 129 Å². The maximum atomic E-state index is 10.3. The molecule has 0 aliphatic carbocycles. The van der Waals surface area contributed by atoms with E-state index >= 15 is 0 Å². The fraction of sp³-hybridized carbons (Fsp3) is 0.929. The van der Waals surface area contributed by atoms with Crippen molar-refractivity contribution in [1.82, 2.24) is 0 Å². The third-order valence-electron chi connectivity index (χ3n) is 6.02. The molecule has 0 aliphatic rings. The predicted molar refractivity (Wildman–Crippen MR) is 146 cm³/mol. The first-order valence-electron chi connectivity index (χ1n) is 14.7. The molecule has 0 fully saturated rings. The minimum atomic E-state index is -4.83. The first kappa shape index (κ1) is 42.3. The number of ether oxygens (including phenoxy) is 1. The molecule has 0 spiro atoms. The van der Waals surface area contributed by atoms with E-state index in [2.05, 4.69) is 18.0 Å². The maximum absolute atomic E-state index is 10.3. The van der Waals surface area contributed by atoms with Crippen LogP contribution in [0.15, 0.2) is 0 Å². The van der Waals surface area contributed by atoms with Crippen LogP contribution in [-0.4, -0.2) is 38.1 Å². The molecule has 222 valence electrons. The van der Waals surface area contributed by atoms with Gasteiger partial charge in [0.15, 0.2) is 0 Å². The van der Waals surface area contributed by atoms with E-state index in [1.165, 1.54) is 128 Å². The Labute approximate surface area is 255 Å². The van der Waals surface area contributed by atoms with Gasteiger partial charge in [-0.2, -0.15) is 8.42 Å². The van der Waals surface area contributed by atoms with Crippen LogP contribution in [0.4, 0.5) is 0 Å². The van der Waals surface area contributed by atoms with Gasteiger partial charge < -0.3 is 18.8 Å². The van der Waals surface area contributed by atoms with Crippen molar-refractivity contribution in [2.45, 2.75) is 155 Å². The fourth-order valence-corrected chi connectivity index (χ4v) is 4.17. The molecule has 0 aliphatic heterocycles. The molecule has 38 heavy (non-hydrogen) atoms. The summed E-state index contributed by atoms with van der Waals surface area (Å²) >= 11 is 0. The zero-order valence-electron chi connectivity index (χ0n) is 24.7. The van der Waals surface area contributed by atoms with E-state index in [9.17, 15) is 23.1 Å². The zero-order valence-corrected chi connectivity index (χ0v) is 27.5. The summed E-state index contributed by atoms with van der Waals surface area (Å²) < 4.78 is 36.8. The van der Waals surface area contributed by atoms with Crippen LogP contribution in [0.5, 0.6) is 0 Å². The van der Waals surface area contributed by atoms with Crippen LogP contribution in [0.1, 0.15) is 155 Å². The Balaban J connectivity index is -0.000000794. The molecule has 8 nitrogen and oxygen atoms in total. The maximum Gasteiger partial charge on any atom is 1.00 e. The van der Waals surface area contributed by atoms with E-state index in [-0.39, 0.29) is 29.6 Å². The van der Waals surface area contributed by atoms with Gasteiger partial charge in [0.1, 0.15) is 0 Å². The molecule has 0 amide bonds. The molecule has 0 aromatic carbocycles. The molecule has 1 N–H and O–H groups in total. The van der Waals surface area contributed by atoms with Gasteiger partial charge in [0.2, 0.25) is 0 Å². The summed E-state index contributed by atoms with van der Waals surface area (Å²) in [6.07, 6.45) is 26.8. The Kier molecular flexibility index (Phi) is 36.7. The van der Waals surface area contributed by atoms with Gasteiger partial charge in [-0.3, -0.25) is 9.35 Å². The number of hydrogen-bond acceptors (Lipinski definition) is 7. The Morgan fingerprint density at radius 2 is 0.921 bits per heavy atom. The summed E-state index contributed by atoms with van der Waals surface area (Å²) in [5, 5.41) is 9.74. The minimum absolute atomic E-state index is 0. The smallest absolute Gasteiger partial charge is 0.550 e. The van der Waals surface area contributed by atoms with Gasteiger partial charge in [0.05, 0.1) is 6.42 Å². The Hall–Kier alpha value is -0.190. The largest absolute Gasteiger partial charge is 1.00 e. The number of unbranched alkanes of at least 4 members (excludes halogenated alkanes) is 18. The normalized spacial score (nSPS) is 10.8. The number of carbonyl (C=O) groups excluding carboxylic acids is 2. The molecule has 0 aromatic rings. The zero-order chi connectivity index (χ0) is 28.0. The number of carbonyl (C=O) groups is 2. The second-order valence-corrected chi connectivity index (χ2v) is 10.8. The fourth-order valence-electron chi connectivity index (χ4n) is 3.85. The van der Waals surface area contributed by atoms with Crippen molar-refractivity contribution in [2.75, 3.05) is 13.2 Å². The van der Waals surface area contributed by atoms with Crippen molar-refractivity contribution in [3.05, 3.63) is 0 Å². The SMILES string of the molecule is CCCCCCCCCCCCOCCCCCCCCCCCC.O=C([O-])CCC(=O)OS(=O)(=O)O.[Na+]. The van der Waals surface area contributed by atoms with E-state index in [0.29, 0.717) is 0 Å². The number of hydrogen-bond donors (Lipinski definition) is 1. The summed E-state index contributed by atoms with van der Waals surface area (Å²) in [6.45, 7) is 6.57. The van der Waals surface area contributed by atoms with Crippen LogP contribution in [0, 0.1) is 0 Å². The van der Waals surface area contributed by atoms with Crippen LogP contribution in [0.2, 0.25) is 0 Å². The van der Waals surface area contributed by atoms with E-state index in [4.69, 9.17) is 9.29 Å². The second-order valence-electron chi connectivity index (χ2n) is 9.73. The third-order valence-corrected chi connectivity index (χ3v) is 6.41. The Morgan fingerprint density at radius 1 is 0.605 bits per heavy atom. The standard InChI is InChI=1S/C24H50O.C4H6O7S.Na/c1-3-5-7-9-11-13-15-17-19-21-23-25-24-22-20-18-16-14-12-10-8-6-4-2;5-3(6)1-2-4(7)11-12(8,9)10;/h3-24H2,1-2H3;1-2H2,(H,5,6)(H,8,9,10);/q;;+1/p-1. The van der Waals surface area contributed by atoms with Crippen LogP contribution < -0.4 is 34.7 Å². The van der Waals surface area contributed by atoms with Crippen LogP contribution in [-0.2, 0) is 28.9 Å². The number of rotatable bonds is 26. The van der Waals surface area contributed by atoms with Gasteiger partial charge in [-0.05, 0) is 19.3 Å². The molecule has 0 heterocycles. The molecule has 0 bridgehead atoms. The molecule has 10 heteroatoms. The Bertz CT molecular complexity index is 592. The molecule has 0 unspecified atom stereocenters. The van der Waals surface area contributed by atoms with Crippen molar-refractivity contribution < 1.29 is 66.1 Å². The number of aliphatic carboxylic acids is 1. The first-order valence-corrected chi connectivity index (χ1v) is 16.1. The molecule has 0 rings (SSSR count). The van der Waals surface area contributed by atoms with Gasteiger partial charge >= 0.3 is 45.9 Å². The molecule has 0 saturated carbocycles. The second kappa shape index (κ2) is 33.0. The summed E-state index contributed by atoms with van der Waals surface area (Å²) in [7, 11) is -4.83. The van der Waals surface area contributed by atoms with Crippen LogP contribution in [0.3, 0.4) is 0 Å². The molecule has 0 saturated heterocycles. The van der Waals surface area contributed by atoms with Gasteiger partial charge in [0, 0.05) is 19.2 Å². The van der Waals surface area contributed by atoms with Gasteiger partial charge in [0.25, 0.3) is 0 Å². The van der Waals surface area contributed by atoms with Crippen molar-refractivity contribution in [3.8, 4) is 0 Å². The van der Waals surface area contributed by atoms with Crippen LogP contribution >= 0.6 is 0 Å². The summed E-state index contributed by atoms with van der Waals surface area (Å²) in [6, 6.07) is 0. The number of carboxylic acids is 1. The number of carboxylic acid groups (broad SMARTS) is 1. The van der Waals surface area contributed by atoms with Gasteiger partial charge in [-0.25, -0.2) is 0 Å². The summed E-state index contributed by atoms with van der Waals surface area (Å²) in [4.78, 5) is 20.0. The van der Waals surface area contributed by atoms with Crippen molar-refractivity contribution in [2.24, 2.45) is 0 Å². The van der Waals surface area contributed by atoms with Crippen molar-refractivity contribution in [3.63, 3.8) is 0 Å². The monoisotopic (exact) mass is 574 g/mol. The quantitative estimate of drug-likeness (QED) is 0.0940. The van der Waals surface area contributed by atoms with Crippen molar-refractivity contribution in [1.29, 1.82) is 0 Å². The molecule has 0 atom stereocenters. The van der Waals surface area contributed by atoms with E-state index in [1.54, 1.807) is 0 Å². The Morgan fingerprint density at radius 3 is 1.21 bits per heavy atom. The molecular weight excluding hydrogens is 519 g/mol. The summed E-state index contributed by atoms with van der Waals surface area (Å²) in [5.74, 6) is -2.86. The molecular formula is C28H55NaO8S. The van der Waals surface area contributed by atoms with Crippen LogP contribution in [0.25, 0.3) is 0 Å². The third kappa shape index (κ3) is 42.9. The molecule has 0 radical (unpaired) electrons. The average Bonchev–Trinajstić information content (AvgIpc) is 2.83. The van der Waals surface area contributed by atoms with E-state index in [1.807, 2.05) is 0 Å². The van der Waals surface area contributed by atoms with E-state index in [0.717, 1.165) is 13.2 Å². The molecule has 0 aromatic heterocycles. The summed E-state index contributed by atoms with van der Waals surface area (Å²) in [5.41, 5.74) is 0. The predicted octanol–water partition coefficient (Wildman–Crippen LogP) is 3.71. The topological polar surface area (TPSA) is 130 Å². The minimum Gasteiger partial charge on any atom is -0.550 e.